The molecule has 0 saturated carbocycles. The van der Waals surface area contributed by atoms with Crippen molar-refractivity contribution in [3.05, 3.63) is 35.4 Å². The Morgan fingerprint density at radius 2 is 2.06 bits per heavy atom. The van der Waals surface area contributed by atoms with Crippen LogP contribution >= 0.6 is 0 Å². The van der Waals surface area contributed by atoms with Crippen molar-refractivity contribution in [2.45, 2.75) is 32.0 Å². The zero-order valence-corrected chi connectivity index (χ0v) is 9.97. The first-order valence-electron chi connectivity index (χ1n) is 5.86. The summed E-state index contributed by atoms with van der Waals surface area (Å²) in [4.78, 5) is 11.2. The van der Waals surface area contributed by atoms with Crippen LogP contribution in [0, 0.1) is 11.6 Å². The third kappa shape index (κ3) is 2.65. The molecule has 4 nitrogen and oxygen atoms in total. The molecule has 1 amide bonds. The second-order valence-electron chi connectivity index (χ2n) is 4.19. The third-order valence-electron chi connectivity index (χ3n) is 2.91. The lowest BCUT2D eigenvalue weighted by molar-refractivity contribution is -0.121. The maximum Gasteiger partial charge on any atom is 0.220 e. The lowest BCUT2D eigenvalue weighted by Crippen LogP contribution is -2.43. The zero-order chi connectivity index (χ0) is 13.1. The molecule has 2 unspecified atom stereocenters. The predicted molar refractivity (Wildman–Crippen MR) is 62.2 cm³/mol. The van der Waals surface area contributed by atoms with E-state index >= 15 is 0 Å². The molecular formula is C12H15F2N3O. The molecule has 1 saturated heterocycles. The molecule has 1 fully saturated rings. The molecule has 0 aromatic heterocycles. The van der Waals surface area contributed by atoms with Gasteiger partial charge < -0.3 is 5.32 Å². The number of benzene rings is 1. The number of amides is 1. The largest absolute Gasteiger partial charge is 0.339 e. The SMILES string of the molecule is CCC(=O)NC1CC(c2c(F)cccc2F)NN1. The lowest BCUT2D eigenvalue weighted by Gasteiger charge is -2.12. The van der Waals surface area contributed by atoms with E-state index in [0.717, 1.165) is 0 Å². The van der Waals surface area contributed by atoms with Crippen LogP contribution in [0.25, 0.3) is 0 Å². The Labute approximate surface area is 104 Å². The molecule has 18 heavy (non-hydrogen) atoms. The molecule has 0 aliphatic carbocycles. The van der Waals surface area contributed by atoms with Crippen molar-refractivity contribution in [3.8, 4) is 0 Å². The topological polar surface area (TPSA) is 53.2 Å². The fraction of sp³-hybridized carbons (Fsp3) is 0.417. The monoisotopic (exact) mass is 255 g/mol. The Kier molecular flexibility index (Phi) is 3.88. The number of hydrogen-bond acceptors (Lipinski definition) is 3. The summed E-state index contributed by atoms with van der Waals surface area (Å²) in [5.41, 5.74) is 5.60. The van der Waals surface area contributed by atoms with Crippen molar-refractivity contribution in [1.82, 2.24) is 16.2 Å². The highest BCUT2D eigenvalue weighted by molar-refractivity contribution is 5.75. The maximum absolute atomic E-state index is 13.6. The summed E-state index contributed by atoms with van der Waals surface area (Å²) in [5.74, 6) is -1.28. The Hall–Kier alpha value is -1.53. The van der Waals surface area contributed by atoms with E-state index in [2.05, 4.69) is 16.2 Å². The molecule has 2 atom stereocenters. The van der Waals surface area contributed by atoms with Gasteiger partial charge in [0.2, 0.25) is 5.91 Å². The number of halogens is 2. The second-order valence-corrected chi connectivity index (χ2v) is 4.19. The van der Waals surface area contributed by atoms with Crippen LogP contribution in [0.5, 0.6) is 0 Å². The number of hydrazine groups is 1. The zero-order valence-electron chi connectivity index (χ0n) is 9.97. The Morgan fingerprint density at radius 1 is 1.39 bits per heavy atom. The molecule has 0 bridgehead atoms. The number of nitrogens with one attached hydrogen (secondary N) is 3. The van der Waals surface area contributed by atoms with Crippen LogP contribution in [0.3, 0.4) is 0 Å². The van der Waals surface area contributed by atoms with E-state index in [1.54, 1.807) is 6.92 Å². The van der Waals surface area contributed by atoms with Gasteiger partial charge in [0.05, 0.1) is 12.2 Å². The molecule has 2 rings (SSSR count). The van der Waals surface area contributed by atoms with Crippen LogP contribution in [0.1, 0.15) is 31.4 Å². The minimum absolute atomic E-state index is 0.00162. The Morgan fingerprint density at radius 3 is 2.67 bits per heavy atom. The van der Waals surface area contributed by atoms with Crippen LogP contribution in [0.15, 0.2) is 18.2 Å². The summed E-state index contributed by atoms with van der Waals surface area (Å²) in [6, 6.07) is 3.27. The quantitative estimate of drug-likeness (QED) is 0.764. The number of carbonyl (C=O) groups is 1. The first kappa shape index (κ1) is 12.9. The maximum atomic E-state index is 13.6. The summed E-state index contributed by atoms with van der Waals surface area (Å²) in [7, 11) is 0. The summed E-state index contributed by atoms with van der Waals surface area (Å²) >= 11 is 0. The highest BCUT2D eigenvalue weighted by atomic mass is 19.1. The van der Waals surface area contributed by atoms with Gasteiger partial charge in [-0.25, -0.2) is 19.6 Å². The Balaban J connectivity index is 2.07. The van der Waals surface area contributed by atoms with E-state index in [4.69, 9.17) is 0 Å². The van der Waals surface area contributed by atoms with Crippen molar-refractivity contribution < 1.29 is 13.6 Å². The van der Waals surface area contributed by atoms with Gasteiger partial charge in [0.1, 0.15) is 11.6 Å². The van der Waals surface area contributed by atoms with Crippen LogP contribution in [0.2, 0.25) is 0 Å². The minimum Gasteiger partial charge on any atom is -0.339 e. The molecule has 6 heteroatoms. The van der Waals surface area contributed by atoms with Gasteiger partial charge in [0, 0.05) is 18.4 Å². The van der Waals surface area contributed by atoms with Crippen molar-refractivity contribution >= 4 is 5.91 Å². The van der Waals surface area contributed by atoms with Gasteiger partial charge in [-0.1, -0.05) is 13.0 Å². The molecule has 1 aromatic carbocycles. The molecule has 0 radical (unpaired) electrons. The summed E-state index contributed by atoms with van der Waals surface area (Å²) < 4.78 is 27.1. The molecule has 0 spiro atoms. The molecule has 1 aromatic rings. The molecule has 98 valence electrons. The molecular weight excluding hydrogens is 240 g/mol. The van der Waals surface area contributed by atoms with Gasteiger partial charge in [-0.3, -0.25) is 4.79 Å². The number of hydrogen-bond donors (Lipinski definition) is 3. The molecule has 3 N–H and O–H groups in total. The highest BCUT2D eigenvalue weighted by Gasteiger charge is 2.29. The van der Waals surface area contributed by atoms with Gasteiger partial charge in [-0.05, 0) is 12.1 Å². The first-order valence-corrected chi connectivity index (χ1v) is 5.86. The molecule has 1 aliphatic heterocycles. The normalized spacial score (nSPS) is 23.1. The molecule has 1 aliphatic rings. The van der Waals surface area contributed by atoms with E-state index in [-0.39, 0.29) is 17.6 Å². The lowest BCUT2D eigenvalue weighted by atomic mass is 10.0. The van der Waals surface area contributed by atoms with E-state index < -0.39 is 17.7 Å². The number of rotatable bonds is 3. The van der Waals surface area contributed by atoms with Gasteiger partial charge >= 0.3 is 0 Å². The predicted octanol–water partition coefficient (Wildman–Crippen LogP) is 1.36. The van der Waals surface area contributed by atoms with E-state index in [9.17, 15) is 13.6 Å². The molecule has 1 heterocycles. The summed E-state index contributed by atoms with van der Waals surface area (Å²) in [6.07, 6.45) is 0.446. The summed E-state index contributed by atoms with van der Waals surface area (Å²) in [5, 5.41) is 2.71. The standard InChI is InChI=1S/C12H15F2N3O/c1-2-11(18)15-10-6-9(16-17-10)12-7(13)4-3-5-8(12)14/h3-5,9-10,16-17H,2,6H2,1H3,(H,15,18). The van der Waals surface area contributed by atoms with Crippen LogP contribution < -0.4 is 16.2 Å². The third-order valence-corrected chi connectivity index (χ3v) is 2.91. The van der Waals surface area contributed by atoms with E-state index in [0.29, 0.717) is 12.8 Å². The minimum atomic E-state index is -0.586. The average molecular weight is 255 g/mol. The van der Waals surface area contributed by atoms with Crippen LogP contribution in [-0.4, -0.2) is 12.1 Å². The second kappa shape index (κ2) is 5.41. The van der Waals surface area contributed by atoms with Crippen molar-refractivity contribution in [2.75, 3.05) is 0 Å². The highest BCUT2D eigenvalue weighted by Crippen LogP contribution is 2.26. The Bertz CT molecular complexity index is 433. The summed E-state index contributed by atoms with van der Waals surface area (Å²) in [6.45, 7) is 1.74. The van der Waals surface area contributed by atoms with Crippen LogP contribution in [0.4, 0.5) is 8.78 Å². The first-order chi connectivity index (χ1) is 8.61. The fourth-order valence-electron chi connectivity index (χ4n) is 1.98. The smallest absolute Gasteiger partial charge is 0.220 e. The van der Waals surface area contributed by atoms with Crippen molar-refractivity contribution in [3.63, 3.8) is 0 Å². The van der Waals surface area contributed by atoms with Gasteiger partial charge in [0.25, 0.3) is 0 Å². The number of carbonyl (C=O) groups excluding carboxylic acids is 1. The van der Waals surface area contributed by atoms with Crippen molar-refractivity contribution in [2.24, 2.45) is 0 Å². The van der Waals surface area contributed by atoms with Crippen molar-refractivity contribution in [1.29, 1.82) is 0 Å². The van der Waals surface area contributed by atoms with Gasteiger partial charge in [-0.2, -0.15) is 0 Å². The van der Waals surface area contributed by atoms with Crippen LogP contribution in [-0.2, 0) is 4.79 Å². The van der Waals surface area contributed by atoms with E-state index in [1.165, 1.54) is 18.2 Å². The fourth-order valence-corrected chi connectivity index (χ4v) is 1.98. The van der Waals surface area contributed by atoms with Gasteiger partial charge in [-0.15, -0.1) is 0 Å². The average Bonchev–Trinajstić information content (AvgIpc) is 2.77. The van der Waals surface area contributed by atoms with E-state index in [1.807, 2.05) is 0 Å². The van der Waals surface area contributed by atoms with Gasteiger partial charge in [0.15, 0.2) is 0 Å².